The predicted octanol–water partition coefficient (Wildman–Crippen LogP) is 3.91. The molecule has 1 amide bonds. The van der Waals surface area contributed by atoms with Gasteiger partial charge in [0.2, 0.25) is 11.9 Å². The molecular weight excluding hydrogens is 362 g/mol. The van der Waals surface area contributed by atoms with Gasteiger partial charge in [-0.15, -0.1) is 6.42 Å². The number of anilines is 3. The van der Waals surface area contributed by atoms with E-state index >= 15 is 0 Å². The van der Waals surface area contributed by atoms with Crippen LogP contribution in [0.3, 0.4) is 0 Å². The number of carbonyl (C=O) groups excluding carboxylic acids is 1. The highest BCUT2D eigenvalue weighted by molar-refractivity contribution is 5.89. The van der Waals surface area contributed by atoms with Crippen molar-refractivity contribution < 1.29 is 4.79 Å². The zero-order valence-corrected chi connectivity index (χ0v) is 16.4. The summed E-state index contributed by atoms with van der Waals surface area (Å²) in [7, 11) is 0. The van der Waals surface area contributed by atoms with E-state index in [2.05, 4.69) is 37.5 Å². The molecule has 146 valence electrons. The number of fused-ring (bicyclic) bond motifs is 1. The largest absolute Gasteiger partial charge is 0.326 e. The van der Waals surface area contributed by atoms with Crippen molar-refractivity contribution in [3.63, 3.8) is 0 Å². The van der Waals surface area contributed by atoms with Crippen molar-refractivity contribution in [2.24, 2.45) is 0 Å². The normalized spacial score (nSPS) is 13.9. The summed E-state index contributed by atoms with van der Waals surface area (Å²) in [6, 6.07) is 11.6. The first-order valence-electron chi connectivity index (χ1n) is 9.73. The molecule has 0 atom stereocenters. The molecule has 1 saturated heterocycles. The third-order valence-corrected chi connectivity index (χ3v) is 4.92. The summed E-state index contributed by atoms with van der Waals surface area (Å²) in [5.74, 6) is 3.02. The standard InChI is InChI=1S/C23H23N5O/c1-3-17-6-7-22-19(10-17)14-24-23(27-22)26-21-12-18(15-28-8-4-5-9-28)11-20(13-21)25-16(2)29/h1,6-7,10-14H,4-5,8-9,15H2,2H3,(H,25,29)(H,24,26,27). The SMILES string of the molecule is C#Cc1ccc2nc(Nc3cc(CN4CCCC4)cc(NC(C)=O)c3)ncc2c1. The highest BCUT2D eigenvalue weighted by Crippen LogP contribution is 2.24. The van der Waals surface area contributed by atoms with Crippen molar-refractivity contribution in [3.8, 4) is 12.3 Å². The summed E-state index contributed by atoms with van der Waals surface area (Å²) in [4.78, 5) is 23.0. The molecule has 1 aliphatic heterocycles. The molecule has 0 saturated carbocycles. The molecular formula is C23H23N5O. The number of benzene rings is 2. The Labute approximate surface area is 170 Å². The average Bonchev–Trinajstić information content (AvgIpc) is 3.20. The number of nitrogens with zero attached hydrogens (tertiary/aromatic N) is 3. The van der Waals surface area contributed by atoms with Gasteiger partial charge in [-0.25, -0.2) is 9.97 Å². The second kappa shape index (κ2) is 8.29. The maximum absolute atomic E-state index is 11.6. The fourth-order valence-electron chi connectivity index (χ4n) is 3.64. The number of rotatable bonds is 5. The van der Waals surface area contributed by atoms with Gasteiger partial charge in [0.15, 0.2) is 0 Å². The highest BCUT2D eigenvalue weighted by atomic mass is 16.1. The fraction of sp³-hybridized carbons (Fsp3) is 0.261. The van der Waals surface area contributed by atoms with Crippen molar-refractivity contribution in [3.05, 3.63) is 53.7 Å². The Kier molecular flexibility index (Phi) is 5.41. The minimum absolute atomic E-state index is 0.0967. The Hall–Kier alpha value is -3.43. The van der Waals surface area contributed by atoms with Crippen LogP contribution < -0.4 is 10.6 Å². The van der Waals surface area contributed by atoms with Crippen LogP contribution in [-0.2, 0) is 11.3 Å². The van der Waals surface area contributed by atoms with Gasteiger partial charge in [0, 0.05) is 42.0 Å². The van der Waals surface area contributed by atoms with E-state index in [1.807, 2.05) is 30.3 Å². The van der Waals surface area contributed by atoms with Crippen molar-refractivity contribution in [1.29, 1.82) is 0 Å². The van der Waals surface area contributed by atoms with Gasteiger partial charge in [-0.05, 0) is 67.9 Å². The van der Waals surface area contributed by atoms with Crippen LogP contribution in [0, 0.1) is 12.3 Å². The van der Waals surface area contributed by atoms with Crippen LogP contribution in [0.2, 0.25) is 0 Å². The van der Waals surface area contributed by atoms with Crippen LogP contribution in [0.4, 0.5) is 17.3 Å². The lowest BCUT2D eigenvalue weighted by Crippen LogP contribution is -2.18. The molecule has 0 bridgehead atoms. The van der Waals surface area contributed by atoms with E-state index in [0.717, 1.165) is 53.0 Å². The highest BCUT2D eigenvalue weighted by Gasteiger charge is 2.13. The molecule has 4 rings (SSSR count). The first-order chi connectivity index (χ1) is 14.1. The quantitative estimate of drug-likeness (QED) is 0.652. The Morgan fingerprint density at radius 2 is 1.97 bits per heavy atom. The van der Waals surface area contributed by atoms with E-state index in [0.29, 0.717) is 5.95 Å². The van der Waals surface area contributed by atoms with Crippen molar-refractivity contribution in [2.75, 3.05) is 23.7 Å². The number of carbonyl (C=O) groups is 1. The number of hydrogen-bond donors (Lipinski definition) is 2. The molecule has 2 aromatic carbocycles. The molecule has 6 nitrogen and oxygen atoms in total. The maximum atomic E-state index is 11.6. The first-order valence-corrected chi connectivity index (χ1v) is 9.73. The Morgan fingerprint density at radius 1 is 1.17 bits per heavy atom. The number of likely N-dealkylation sites (tertiary alicyclic amines) is 1. The number of amides is 1. The average molecular weight is 385 g/mol. The van der Waals surface area contributed by atoms with Gasteiger partial charge in [0.05, 0.1) is 5.52 Å². The summed E-state index contributed by atoms with van der Waals surface area (Å²) >= 11 is 0. The molecule has 0 unspecified atom stereocenters. The third kappa shape index (κ3) is 4.71. The van der Waals surface area contributed by atoms with Gasteiger partial charge in [0.1, 0.15) is 0 Å². The Morgan fingerprint density at radius 3 is 2.72 bits per heavy atom. The number of aromatic nitrogens is 2. The zero-order chi connectivity index (χ0) is 20.2. The molecule has 29 heavy (non-hydrogen) atoms. The second-order valence-corrected chi connectivity index (χ2v) is 7.32. The molecule has 0 spiro atoms. The number of hydrogen-bond acceptors (Lipinski definition) is 5. The summed E-state index contributed by atoms with van der Waals surface area (Å²) in [5, 5.41) is 7.05. The van der Waals surface area contributed by atoms with Gasteiger partial charge in [0.25, 0.3) is 0 Å². The predicted molar refractivity (Wildman–Crippen MR) is 116 cm³/mol. The lowest BCUT2D eigenvalue weighted by Gasteiger charge is -2.17. The molecule has 6 heteroatoms. The van der Waals surface area contributed by atoms with Gasteiger partial charge in [-0.3, -0.25) is 9.69 Å². The van der Waals surface area contributed by atoms with Gasteiger partial charge < -0.3 is 10.6 Å². The van der Waals surface area contributed by atoms with Crippen LogP contribution in [-0.4, -0.2) is 33.9 Å². The molecule has 0 radical (unpaired) electrons. The van der Waals surface area contributed by atoms with E-state index in [1.165, 1.54) is 19.8 Å². The number of nitrogens with one attached hydrogen (secondary N) is 2. The van der Waals surface area contributed by atoms with Gasteiger partial charge in [-0.1, -0.05) is 5.92 Å². The zero-order valence-electron chi connectivity index (χ0n) is 16.4. The first kappa shape index (κ1) is 18.9. The lowest BCUT2D eigenvalue weighted by atomic mass is 10.1. The molecule has 2 heterocycles. The fourth-order valence-corrected chi connectivity index (χ4v) is 3.64. The van der Waals surface area contributed by atoms with Crippen molar-refractivity contribution in [1.82, 2.24) is 14.9 Å². The van der Waals surface area contributed by atoms with Crippen LogP contribution in [0.25, 0.3) is 10.9 Å². The van der Waals surface area contributed by atoms with Crippen molar-refractivity contribution in [2.45, 2.75) is 26.3 Å². The Bertz CT molecular complexity index is 1100. The third-order valence-electron chi connectivity index (χ3n) is 4.92. The summed E-state index contributed by atoms with van der Waals surface area (Å²) in [5.41, 5.74) is 4.36. The molecule has 0 aliphatic carbocycles. The lowest BCUT2D eigenvalue weighted by molar-refractivity contribution is -0.114. The summed E-state index contributed by atoms with van der Waals surface area (Å²) in [6.45, 7) is 4.59. The molecule has 3 aromatic rings. The van der Waals surface area contributed by atoms with Gasteiger partial charge >= 0.3 is 0 Å². The monoisotopic (exact) mass is 385 g/mol. The topological polar surface area (TPSA) is 70.2 Å². The second-order valence-electron chi connectivity index (χ2n) is 7.32. The number of terminal acetylenes is 1. The minimum Gasteiger partial charge on any atom is -0.326 e. The summed E-state index contributed by atoms with van der Waals surface area (Å²) in [6.07, 6.45) is 9.69. The molecule has 1 aromatic heterocycles. The molecule has 1 aliphatic rings. The van der Waals surface area contributed by atoms with E-state index in [4.69, 9.17) is 6.42 Å². The van der Waals surface area contributed by atoms with Crippen LogP contribution in [0.5, 0.6) is 0 Å². The smallest absolute Gasteiger partial charge is 0.227 e. The van der Waals surface area contributed by atoms with E-state index < -0.39 is 0 Å². The van der Waals surface area contributed by atoms with E-state index in [-0.39, 0.29) is 5.91 Å². The van der Waals surface area contributed by atoms with Crippen LogP contribution >= 0.6 is 0 Å². The minimum atomic E-state index is -0.0967. The van der Waals surface area contributed by atoms with E-state index in [9.17, 15) is 4.79 Å². The molecule has 2 N–H and O–H groups in total. The Balaban J connectivity index is 1.61. The maximum Gasteiger partial charge on any atom is 0.227 e. The van der Waals surface area contributed by atoms with E-state index in [1.54, 1.807) is 6.20 Å². The molecule has 1 fully saturated rings. The van der Waals surface area contributed by atoms with Crippen molar-refractivity contribution >= 4 is 34.1 Å². The van der Waals surface area contributed by atoms with Crippen LogP contribution in [0.1, 0.15) is 30.9 Å². The van der Waals surface area contributed by atoms with Gasteiger partial charge in [-0.2, -0.15) is 0 Å². The summed E-state index contributed by atoms with van der Waals surface area (Å²) < 4.78 is 0. The van der Waals surface area contributed by atoms with Crippen LogP contribution in [0.15, 0.2) is 42.6 Å².